The molecule has 2 nitrogen and oxygen atoms in total. The molecule has 0 saturated heterocycles. The van der Waals surface area contributed by atoms with Crippen molar-refractivity contribution in [1.29, 1.82) is 0 Å². The highest BCUT2D eigenvalue weighted by atomic mass is 32.2. The molecule has 0 aliphatic carbocycles. The topological polar surface area (TPSA) is 43.1 Å². The summed E-state index contributed by atoms with van der Waals surface area (Å²) in [6.07, 6.45) is 1.89. The van der Waals surface area contributed by atoms with Crippen LogP contribution in [0.5, 0.6) is 0 Å². The van der Waals surface area contributed by atoms with Crippen LogP contribution in [0.1, 0.15) is 6.92 Å². The normalized spacial score (nSPS) is 45.3. The number of nitrogens with two attached hydrogens (primary N) is 1. The molecule has 0 saturated carbocycles. The highest BCUT2D eigenvalue weighted by Crippen LogP contribution is 2.34. The van der Waals surface area contributed by atoms with E-state index in [-0.39, 0.29) is 5.54 Å². The van der Waals surface area contributed by atoms with Gasteiger partial charge in [0.2, 0.25) is 5.62 Å². The fraction of sp³-hybridized carbons (Fsp3) is 0.500. The lowest BCUT2D eigenvalue weighted by atomic mass is 10.1. The summed E-state index contributed by atoms with van der Waals surface area (Å²) in [5.41, 5.74) is 7.41. The summed E-state index contributed by atoms with van der Waals surface area (Å²) in [7, 11) is -0.642. The standard InChI is InChI=1S/C6H10NOS/c1-6(7)2-3-9(4-6)5-8/h2-3,9H,4,7H2,1H3. The van der Waals surface area contributed by atoms with Crippen molar-refractivity contribution < 1.29 is 4.79 Å². The molecule has 0 aromatic rings. The van der Waals surface area contributed by atoms with Crippen molar-refractivity contribution in [3.63, 3.8) is 0 Å². The Balaban J connectivity index is 2.59. The molecular formula is C6H10NOS. The van der Waals surface area contributed by atoms with Gasteiger partial charge in [-0.3, -0.25) is 4.79 Å². The molecule has 0 aromatic carbocycles. The van der Waals surface area contributed by atoms with Crippen LogP contribution in [0.3, 0.4) is 0 Å². The Kier molecular flexibility index (Phi) is 1.64. The summed E-state index contributed by atoms with van der Waals surface area (Å²) in [5, 5.41) is 1.88. The molecule has 0 fully saturated rings. The monoisotopic (exact) mass is 144 g/mol. The zero-order chi connectivity index (χ0) is 6.91. The number of hydrogen-bond acceptors (Lipinski definition) is 2. The van der Waals surface area contributed by atoms with Crippen molar-refractivity contribution >= 4 is 16.5 Å². The predicted octanol–water partition coefficient (Wildman–Crippen LogP) is 0.300. The molecule has 0 bridgehead atoms. The van der Waals surface area contributed by atoms with Gasteiger partial charge in [-0.15, -0.1) is 0 Å². The van der Waals surface area contributed by atoms with Gasteiger partial charge < -0.3 is 5.73 Å². The van der Waals surface area contributed by atoms with Gasteiger partial charge in [0.1, 0.15) is 0 Å². The molecule has 1 heterocycles. The van der Waals surface area contributed by atoms with Crippen LogP contribution in [-0.2, 0) is 4.79 Å². The molecule has 0 aromatic heterocycles. The van der Waals surface area contributed by atoms with E-state index in [2.05, 4.69) is 0 Å². The summed E-state index contributed by atoms with van der Waals surface area (Å²) < 4.78 is 0. The lowest BCUT2D eigenvalue weighted by molar-refractivity contribution is 0.569. The molecule has 1 rings (SSSR count). The molecule has 2 N–H and O–H groups in total. The van der Waals surface area contributed by atoms with E-state index < -0.39 is 10.9 Å². The second kappa shape index (κ2) is 2.15. The first-order valence-corrected chi connectivity index (χ1v) is 4.36. The van der Waals surface area contributed by atoms with Gasteiger partial charge in [0.05, 0.1) is 0 Å². The molecule has 0 amide bonds. The lowest BCUT2D eigenvalue weighted by Crippen LogP contribution is -2.34. The van der Waals surface area contributed by atoms with Gasteiger partial charge in [-0.1, -0.05) is 6.08 Å². The van der Waals surface area contributed by atoms with Crippen LogP contribution in [0.25, 0.3) is 0 Å². The first-order chi connectivity index (χ1) is 4.14. The number of thiol groups is 1. The van der Waals surface area contributed by atoms with Crippen LogP contribution in [0, 0.1) is 0 Å². The van der Waals surface area contributed by atoms with E-state index in [0.717, 1.165) is 5.75 Å². The van der Waals surface area contributed by atoms with Gasteiger partial charge in [0.15, 0.2) is 0 Å². The minimum Gasteiger partial charge on any atom is -0.321 e. The maximum Gasteiger partial charge on any atom is 0.248 e. The van der Waals surface area contributed by atoms with E-state index >= 15 is 0 Å². The van der Waals surface area contributed by atoms with E-state index in [1.165, 1.54) is 0 Å². The summed E-state index contributed by atoms with van der Waals surface area (Å²) in [4.78, 5) is 10.1. The summed E-state index contributed by atoms with van der Waals surface area (Å²) in [6.45, 7) is 1.92. The van der Waals surface area contributed by atoms with Crippen LogP contribution in [0.2, 0.25) is 0 Å². The first-order valence-electron chi connectivity index (χ1n) is 2.77. The Labute approximate surface area is 57.5 Å². The number of carbonyl (C=O) groups excluding carboxylic acids is 1. The Bertz CT molecular complexity index is 153. The van der Waals surface area contributed by atoms with Crippen LogP contribution < -0.4 is 5.73 Å². The zero-order valence-corrected chi connectivity index (χ0v) is 6.19. The quantitative estimate of drug-likeness (QED) is 0.520. The SMILES string of the molecule is CC1(N)C=C[SH]([C]=O)C1. The largest absolute Gasteiger partial charge is 0.321 e. The molecule has 2 atom stereocenters. The number of rotatable bonds is 1. The third kappa shape index (κ3) is 1.56. The van der Waals surface area contributed by atoms with Gasteiger partial charge in [0.25, 0.3) is 0 Å². The van der Waals surface area contributed by atoms with E-state index in [1.54, 1.807) is 0 Å². The highest BCUT2D eigenvalue weighted by Gasteiger charge is 2.23. The van der Waals surface area contributed by atoms with Crippen molar-refractivity contribution in [2.75, 3.05) is 5.75 Å². The van der Waals surface area contributed by atoms with Crippen molar-refractivity contribution in [3.8, 4) is 0 Å². The van der Waals surface area contributed by atoms with Crippen molar-refractivity contribution in [2.45, 2.75) is 12.5 Å². The van der Waals surface area contributed by atoms with Crippen LogP contribution in [-0.4, -0.2) is 16.9 Å². The van der Waals surface area contributed by atoms with Crippen molar-refractivity contribution in [3.05, 3.63) is 11.5 Å². The van der Waals surface area contributed by atoms with E-state index in [9.17, 15) is 4.79 Å². The summed E-state index contributed by atoms with van der Waals surface area (Å²) in [5.74, 6) is 0.770. The fourth-order valence-electron chi connectivity index (χ4n) is 0.795. The maximum atomic E-state index is 10.1. The maximum absolute atomic E-state index is 10.1. The highest BCUT2D eigenvalue weighted by molar-refractivity contribution is 8.30. The molecule has 9 heavy (non-hydrogen) atoms. The fourth-order valence-corrected chi connectivity index (χ4v) is 2.39. The summed E-state index contributed by atoms with van der Waals surface area (Å²) >= 11 is 0. The third-order valence-corrected chi connectivity index (χ3v) is 3.03. The molecule has 0 spiro atoms. The number of hydrogen-bond donors (Lipinski definition) is 2. The molecule has 1 radical (unpaired) electrons. The average Bonchev–Trinajstić information content (AvgIpc) is 2.10. The third-order valence-electron chi connectivity index (χ3n) is 1.26. The first kappa shape index (κ1) is 6.83. The smallest absolute Gasteiger partial charge is 0.248 e. The molecule has 3 heteroatoms. The van der Waals surface area contributed by atoms with Gasteiger partial charge in [0, 0.05) is 11.3 Å². The zero-order valence-electron chi connectivity index (χ0n) is 5.29. The van der Waals surface area contributed by atoms with Gasteiger partial charge in [-0.25, -0.2) is 0 Å². The lowest BCUT2D eigenvalue weighted by Gasteiger charge is -2.14. The molecule has 1 aliphatic rings. The van der Waals surface area contributed by atoms with Crippen LogP contribution in [0.15, 0.2) is 11.5 Å². The average molecular weight is 144 g/mol. The van der Waals surface area contributed by atoms with Gasteiger partial charge in [-0.05, 0) is 12.3 Å². The van der Waals surface area contributed by atoms with Crippen LogP contribution in [0.4, 0.5) is 0 Å². The van der Waals surface area contributed by atoms with Crippen molar-refractivity contribution in [2.24, 2.45) is 5.73 Å². The molecular weight excluding hydrogens is 134 g/mol. The Hall–Kier alpha value is -0.280. The van der Waals surface area contributed by atoms with Gasteiger partial charge >= 0.3 is 0 Å². The van der Waals surface area contributed by atoms with E-state index in [0.29, 0.717) is 0 Å². The molecule has 2 unspecified atom stereocenters. The van der Waals surface area contributed by atoms with Crippen molar-refractivity contribution in [1.82, 2.24) is 0 Å². The van der Waals surface area contributed by atoms with Crippen LogP contribution >= 0.6 is 10.9 Å². The summed E-state index contributed by atoms with van der Waals surface area (Å²) in [6, 6.07) is 0. The Morgan fingerprint density at radius 2 is 2.56 bits per heavy atom. The Morgan fingerprint density at radius 1 is 1.89 bits per heavy atom. The second-order valence-electron chi connectivity index (χ2n) is 2.54. The van der Waals surface area contributed by atoms with Gasteiger partial charge in [-0.2, -0.15) is 10.9 Å². The molecule has 51 valence electrons. The van der Waals surface area contributed by atoms with E-state index in [1.807, 2.05) is 24.0 Å². The predicted molar refractivity (Wildman–Crippen MR) is 41.3 cm³/mol. The Morgan fingerprint density at radius 3 is 2.78 bits per heavy atom. The molecule has 1 aliphatic heterocycles. The minimum atomic E-state index is -0.642. The second-order valence-corrected chi connectivity index (χ2v) is 4.28. The minimum absolute atomic E-state index is 0.247. The van der Waals surface area contributed by atoms with E-state index in [4.69, 9.17) is 5.73 Å².